The van der Waals surface area contributed by atoms with Crippen molar-refractivity contribution in [3.8, 4) is 5.75 Å². The smallest absolute Gasteiger partial charge is 0.246 e. The zero-order valence-corrected chi connectivity index (χ0v) is 6.59. The monoisotopic (exact) mass is 187 g/mol. The Morgan fingerprint density at radius 2 is 2.83 bits per heavy atom. The minimum atomic E-state index is -2.97. The zero-order valence-electron chi connectivity index (χ0n) is 10.8. The van der Waals surface area contributed by atoms with E-state index in [4.69, 9.17) is 29.8 Å². The summed E-state index contributed by atoms with van der Waals surface area (Å²) >= 11 is 5.56. The topological polar surface area (TPSA) is 26.5 Å². The molecule has 0 fully saturated rings. The van der Waals surface area contributed by atoms with Gasteiger partial charge in [0, 0.05) is 16.4 Å². The molecule has 0 spiro atoms. The number of ether oxygens (including phenoxy) is 1. The van der Waals surface area contributed by atoms with Gasteiger partial charge >= 0.3 is 0 Å². The van der Waals surface area contributed by atoms with E-state index in [1.165, 1.54) is 0 Å². The van der Waals surface area contributed by atoms with Crippen molar-refractivity contribution in [1.29, 1.82) is 0 Å². The van der Waals surface area contributed by atoms with Crippen molar-refractivity contribution >= 4 is 17.3 Å². The van der Waals surface area contributed by atoms with Crippen LogP contribution in [0.15, 0.2) is 12.3 Å². The lowest BCUT2D eigenvalue weighted by molar-refractivity contribution is 0.342. The van der Waals surface area contributed by atoms with E-state index >= 15 is 0 Å². The van der Waals surface area contributed by atoms with Crippen molar-refractivity contribution in [2.45, 2.75) is 6.85 Å². The quantitative estimate of drug-likeness (QED) is 0.526. The summed E-state index contributed by atoms with van der Waals surface area (Å²) < 4.78 is 40.2. The van der Waals surface area contributed by atoms with Gasteiger partial charge < -0.3 is 4.74 Å². The minimum absolute atomic E-state index is 0.0197. The first-order chi connectivity index (χ1) is 7.67. The molecular weight excluding hydrogens is 176 g/mol. The zero-order chi connectivity index (χ0) is 13.3. The molecule has 1 rings (SSSR count). The van der Waals surface area contributed by atoms with Gasteiger partial charge in [-0.1, -0.05) is 11.6 Å². The fraction of sp³-hybridized carbons (Fsp3) is 0.250. The summed E-state index contributed by atoms with van der Waals surface area (Å²) in [5.41, 5.74) is -0.109. The lowest BCUT2D eigenvalue weighted by Gasteiger charge is -2.04. The van der Waals surface area contributed by atoms with Crippen LogP contribution in [0.4, 0.5) is 5.69 Å². The van der Waals surface area contributed by atoms with Gasteiger partial charge in [-0.15, -0.1) is 0 Å². The second kappa shape index (κ2) is 3.93. The van der Waals surface area contributed by atoms with Crippen molar-refractivity contribution < 1.29 is 11.6 Å². The van der Waals surface area contributed by atoms with Crippen LogP contribution in [-0.2, 0) is 0 Å². The van der Waals surface area contributed by atoms with Crippen molar-refractivity contribution in [2.75, 3.05) is 6.56 Å². The Morgan fingerprint density at radius 3 is 3.50 bits per heavy atom. The highest BCUT2D eigenvalue weighted by atomic mass is 35.5. The highest BCUT2D eigenvalue weighted by Gasteiger charge is 2.03. The maximum Gasteiger partial charge on any atom is 0.246 e. The summed E-state index contributed by atoms with van der Waals surface area (Å²) in [6.45, 7) is 0.942. The van der Waals surface area contributed by atoms with E-state index in [-0.39, 0.29) is 16.6 Å². The Kier molecular flexibility index (Phi) is 1.35. The summed E-state index contributed by atoms with van der Waals surface area (Å²) in [5.74, 6) is -0.249. The lowest BCUT2D eigenvalue weighted by atomic mass is 10.4. The van der Waals surface area contributed by atoms with E-state index in [2.05, 4.69) is 9.83 Å². The maximum absolute atomic E-state index is 7.27. The molecule has 1 aromatic heterocycles. The molecule has 0 aromatic carbocycles. The molecule has 1 heterocycles. The highest BCUT2D eigenvalue weighted by Crippen LogP contribution is 2.28. The standard InChI is InChI=1S/C8H7ClN2O/c1-3-12-7-4-8(9)11-5-6(7)10-2/h4-5H,3H2,1H3/i1D3,3D2. The first kappa shape index (κ1) is 4.11. The molecule has 0 bridgehead atoms. The Labute approximate surface area is 82.8 Å². The summed E-state index contributed by atoms with van der Waals surface area (Å²) in [5, 5.41) is -0.0197. The van der Waals surface area contributed by atoms with E-state index in [1.807, 2.05) is 0 Å². The van der Waals surface area contributed by atoms with Gasteiger partial charge in [0.15, 0.2) is 0 Å². The third-order valence-electron chi connectivity index (χ3n) is 1.09. The summed E-state index contributed by atoms with van der Waals surface area (Å²) in [7, 11) is 0. The number of hydrogen-bond donors (Lipinski definition) is 0. The largest absolute Gasteiger partial charge is 0.505 e. The van der Waals surface area contributed by atoms with E-state index < -0.39 is 13.4 Å². The average Bonchev–Trinajstić information content (AvgIpc) is 2.15. The van der Waals surface area contributed by atoms with Crippen LogP contribution in [0.3, 0.4) is 0 Å². The molecule has 0 radical (unpaired) electrons. The van der Waals surface area contributed by atoms with Crippen LogP contribution >= 0.6 is 11.6 Å². The average molecular weight is 188 g/mol. The Morgan fingerprint density at radius 1 is 2.00 bits per heavy atom. The number of halogens is 1. The van der Waals surface area contributed by atoms with Gasteiger partial charge in [-0.3, -0.25) is 4.98 Å². The number of pyridine rings is 1. The highest BCUT2D eigenvalue weighted by molar-refractivity contribution is 6.29. The second-order valence-corrected chi connectivity index (χ2v) is 2.18. The van der Waals surface area contributed by atoms with Gasteiger partial charge in [-0.05, 0) is 6.85 Å². The molecule has 0 aliphatic heterocycles. The predicted octanol–water partition coefficient (Wildman–Crippen LogP) is 2.68. The second-order valence-electron chi connectivity index (χ2n) is 1.79. The molecule has 0 saturated heterocycles. The number of aromatic nitrogens is 1. The first-order valence-corrected chi connectivity index (χ1v) is 3.27. The fourth-order valence-electron chi connectivity index (χ4n) is 0.627. The molecular formula is C8H7ClN2O. The van der Waals surface area contributed by atoms with Crippen LogP contribution in [-0.4, -0.2) is 11.5 Å². The molecule has 0 saturated carbocycles. The normalized spacial score (nSPS) is 17.5. The molecule has 0 N–H and O–H groups in total. The van der Waals surface area contributed by atoms with E-state index in [1.54, 1.807) is 0 Å². The van der Waals surface area contributed by atoms with Gasteiger partial charge in [0.25, 0.3) is 0 Å². The maximum atomic E-state index is 7.27. The van der Waals surface area contributed by atoms with Crippen LogP contribution in [0, 0.1) is 6.57 Å². The third-order valence-corrected chi connectivity index (χ3v) is 1.30. The predicted molar refractivity (Wildman–Crippen MR) is 46.7 cm³/mol. The molecule has 1 aromatic rings. The van der Waals surface area contributed by atoms with Gasteiger partial charge in [-0.25, -0.2) is 4.85 Å². The van der Waals surface area contributed by atoms with Crippen LogP contribution in [0.2, 0.25) is 5.15 Å². The van der Waals surface area contributed by atoms with Crippen molar-refractivity contribution in [3.05, 3.63) is 28.8 Å². The Hall–Kier alpha value is -1.27. The molecule has 4 heteroatoms. The van der Waals surface area contributed by atoms with Gasteiger partial charge in [0.1, 0.15) is 10.9 Å². The molecule has 12 heavy (non-hydrogen) atoms. The number of hydrogen-bond acceptors (Lipinski definition) is 2. The first-order valence-electron chi connectivity index (χ1n) is 5.39. The minimum Gasteiger partial charge on any atom is -0.505 e. The summed E-state index contributed by atoms with van der Waals surface area (Å²) in [6, 6.07) is 1.10. The van der Waals surface area contributed by atoms with Crippen LogP contribution in [0.25, 0.3) is 4.85 Å². The van der Waals surface area contributed by atoms with Crippen molar-refractivity contribution in [2.24, 2.45) is 0 Å². The van der Waals surface area contributed by atoms with Crippen LogP contribution in [0.5, 0.6) is 5.75 Å². The molecule has 0 aliphatic carbocycles. The molecule has 0 unspecified atom stereocenters. The SMILES string of the molecule is [2H]C([2H])([2H])C([2H])([2H])Oc1cc(Cl)ncc1[N+]#[C-]. The summed E-state index contributed by atoms with van der Waals surface area (Å²) in [6.07, 6.45) is 1.08. The van der Waals surface area contributed by atoms with E-state index in [0.29, 0.717) is 0 Å². The Balaban J connectivity index is 3.12. The van der Waals surface area contributed by atoms with Gasteiger partial charge in [0.05, 0.1) is 15.9 Å². The van der Waals surface area contributed by atoms with E-state index in [9.17, 15) is 0 Å². The molecule has 0 amide bonds. The molecule has 3 nitrogen and oxygen atoms in total. The number of nitrogens with zero attached hydrogens (tertiary/aromatic N) is 2. The van der Waals surface area contributed by atoms with Crippen molar-refractivity contribution in [1.82, 2.24) is 4.98 Å². The van der Waals surface area contributed by atoms with Gasteiger partial charge in [0.2, 0.25) is 5.69 Å². The van der Waals surface area contributed by atoms with Gasteiger partial charge in [-0.2, -0.15) is 0 Å². The van der Waals surface area contributed by atoms with E-state index in [0.717, 1.165) is 12.3 Å². The number of rotatable bonds is 2. The van der Waals surface area contributed by atoms with Crippen LogP contribution in [0.1, 0.15) is 13.7 Å². The van der Waals surface area contributed by atoms with Crippen LogP contribution < -0.4 is 4.74 Å². The third kappa shape index (κ3) is 1.86. The summed E-state index contributed by atoms with van der Waals surface area (Å²) in [4.78, 5) is 6.64. The van der Waals surface area contributed by atoms with Crippen molar-refractivity contribution in [3.63, 3.8) is 0 Å². The Bertz CT molecular complexity index is 468. The molecule has 0 aliphatic rings. The lowest BCUT2D eigenvalue weighted by Crippen LogP contribution is -1.91. The fourth-order valence-corrected chi connectivity index (χ4v) is 0.774. The molecule has 0 atom stereocenters. The molecule has 62 valence electrons.